The van der Waals surface area contributed by atoms with Crippen LogP contribution in [0.15, 0.2) is 0 Å². The zero-order chi connectivity index (χ0) is 7.82. The molecule has 0 saturated heterocycles. The Kier molecular flexibility index (Phi) is 7.58. The van der Waals surface area contributed by atoms with Crippen molar-refractivity contribution < 1.29 is 4.74 Å². The highest BCUT2D eigenvalue weighted by Crippen LogP contribution is 1.99. The fraction of sp³-hybridized carbons (Fsp3) is 1.00. The molecule has 1 N–H and O–H groups in total. The average molecular weight is 163 g/mol. The summed E-state index contributed by atoms with van der Waals surface area (Å²) in [5.41, 5.74) is 0. The molecule has 0 aromatic carbocycles. The highest BCUT2D eigenvalue weighted by Gasteiger charge is 1.94. The van der Waals surface area contributed by atoms with Crippen molar-refractivity contribution in [3.05, 3.63) is 0 Å². The van der Waals surface area contributed by atoms with Gasteiger partial charge in [-0.3, -0.25) is 0 Å². The van der Waals surface area contributed by atoms with Crippen LogP contribution in [0.2, 0.25) is 0 Å². The molecule has 0 aliphatic heterocycles. The van der Waals surface area contributed by atoms with Gasteiger partial charge in [0, 0.05) is 13.7 Å². The smallest absolute Gasteiger partial charge is 0.0500 e. The zero-order valence-electron chi connectivity index (χ0n) is 7.02. The van der Waals surface area contributed by atoms with Crippen LogP contribution in [0.25, 0.3) is 0 Å². The molecule has 3 heteroatoms. The van der Waals surface area contributed by atoms with Gasteiger partial charge in [0.25, 0.3) is 0 Å². The van der Waals surface area contributed by atoms with E-state index in [0.717, 1.165) is 19.6 Å². The summed E-state index contributed by atoms with van der Waals surface area (Å²) in [6.07, 6.45) is 3.20. The maximum atomic E-state index is 4.91. The minimum Gasteiger partial charge on any atom is -0.385 e. The molecule has 0 amide bonds. The fourth-order valence-electron chi connectivity index (χ4n) is 0.605. The highest BCUT2D eigenvalue weighted by atomic mass is 32.2. The molecule has 0 saturated carbocycles. The van der Waals surface area contributed by atoms with E-state index >= 15 is 0 Å². The highest BCUT2D eigenvalue weighted by molar-refractivity contribution is 7.99. The van der Waals surface area contributed by atoms with E-state index in [1.165, 1.54) is 0 Å². The average Bonchev–Trinajstić information content (AvgIpc) is 1.98. The number of hydrogen-bond donors (Lipinski definition) is 1. The molecule has 0 aliphatic carbocycles. The summed E-state index contributed by atoms with van der Waals surface area (Å²) in [7, 11) is 1.73. The number of hydrogen-bond acceptors (Lipinski definition) is 3. The van der Waals surface area contributed by atoms with Crippen LogP contribution in [0.4, 0.5) is 0 Å². The summed E-state index contributed by atoms with van der Waals surface area (Å²) >= 11 is 1.83. The third-order valence-corrected chi connectivity index (χ3v) is 2.18. The molecule has 0 heterocycles. The van der Waals surface area contributed by atoms with Crippen molar-refractivity contribution >= 4 is 11.8 Å². The van der Waals surface area contributed by atoms with Gasteiger partial charge in [-0.15, -0.1) is 11.8 Å². The molecule has 0 bridgehead atoms. The van der Waals surface area contributed by atoms with Crippen molar-refractivity contribution in [1.29, 1.82) is 0 Å². The van der Waals surface area contributed by atoms with E-state index < -0.39 is 0 Å². The van der Waals surface area contributed by atoms with Gasteiger partial charge in [0.2, 0.25) is 0 Å². The third-order valence-electron chi connectivity index (χ3n) is 1.31. The molecule has 0 fully saturated rings. The van der Waals surface area contributed by atoms with E-state index in [4.69, 9.17) is 4.74 Å². The van der Waals surface area contributed by atoms with Crippen molar-refractivity contribution in [3.63, 3.8) is 0 Å². The lowest BCUT2D eigenvalue weighted by atomic mass is 10.4. The second-order valence-electron chi connectivity index (χ2n) is 2.18. The molecule has 0 aromatic rings. The Morgan fingerprint density at radius 1 is 1.60 bits per heavy atom. The SMILES string of the molecule is COCCCNC(C)SC. The zero-order valence-corrected chi connectivity index (χ0v) is 7.83. The van der Waals surface area contributed by atoms with Gasteiger partial charge >= 0.3 is 0 Å². The van der Waals surface area contributed by atoms with Crippen LogP contribution in [0.1, 0.15) is 13.3 Å². The Labute approximate surface area is 67.7 Å². The first kappa shape index (κ1) is 10.3. The van der Waals surface area contributed by atoms with Crippen molar-refractivity contribution in [1.82, 2.24) is 5.32 Å². The first-order valence-electron chi connectivity index (χ1n) is 3.56. The van der Waals surface area contributed by atoms with Crippen LogP contribution in [-0.4, -0.2) is 31.9 Å². The fourth-order valence-corrected chi connectivity index (χ4v) is 0.890. The van der Waals surface area contributed by atoms with Crippen LogP contribution >= 0.6 is 11.8 Å². The quantitative estimate of drug-likeness (QED) is 0.471. The van der Waals surface area contributed by atoms with Crippen molar-refractivity contribution in [2.75, 3.05) is 26.5 Å². The molecular formula is C7H17NOS. The maximum absolute atomic E-state index is 4.91. The Hall–Kier alpha value is 0.270. The standard InChI is InChI=1S/C7H17NOS/c1-7(10-3)8-5-4-6-9-2/h7-8H,4-6H2,1-3H3. The molecule has 1 atom stereocenters. The molecule has 2 nitrogen and oxygen atoms in total. The van der Waals surface area contributed by atoms with Gasteiger partial charge in [-0.25, -0.2) is 0 Å². The van der Waals surface area contributed by atoms with E-state index in [1.54, 1.807) is 7.11 Å². The summed E-state index contributed by atoms with van der Waals surface area (Å²) in [6.45, 7) is 4.07. The molecule has 10 heavy (non-hydrogen) atoms. The van der Waals surface area contributed by atoms with Gasteiger partial charge in [-0.05, 0) is 26.1 Å². The molecule has 1 unspecified atom stereocenters. The van der Waals surface area contributed by atoms with Crippen LogP contribution in [0.3, 0.4) is 0 Å². The minimum atomic E-state index is 0.567. The largest absolute Gasteiger partial charge is 0.385 e. The number of thioether (sulfide) groups is 1. The van der Waals surface area contributed by atoms with Crippen LogP contribution in [0.5, 0.6) is 0 Å². The van der Waals surface area contributed by atoms with Crippen LogP contribution in [0, 0.1) is 0 Å². The number of rotatable bonds is 6. The van der Waals surface area contributed by atoms with E-state index in [1.807, 2.05) is 11.8 Å². The minimum absolute atomic E-state index is 0.567. The lowest BCUT2D eigenvalue weighted by Gasteiger charge is -2.09. The molecule has 62 valence electrons. The normalized spacial score (nSPS) is 13.5. The summed E-state index contributed by atoms with van der Waals surface area (Å²) in [6, 6.07) is 0. The van der Waals surface area contributed by atoms with Gasteiger partial charge < -0.3 is 10.1 Å². The first-order valence-corrected chi connectivity index (χ1v) is 4.85. The summed E-state index contributed by atoms with van der Waals surface area (Å²) < 4.78 is 4.91. The third kappa shape index (κ3) is 6.39. The molecule has 0 aromatic heterocycles. The maximum Gasteiger partial charge on any atom is 0.0500 e. The molecule has 0 aliphatic rings. The lowest BCUT2D eigenvalue weighted by Crippen LogP contribution is -2.24. The van der Waals surface area contributed by atoms with Crippen molar-refractivity contribution in [2.24, 2.45) is 0 Å². The molecular weight excluding hydrogens is 146 g/mol. The summed E-state index contributed by atoms with van der Waals surface area (Å²) in [4.78, 5) is 0. The predicted molar refractivity (Wildman–Crippen MR) is 47.5 cm³/mol. The molecule has 0 radical (unpaired) electrons. The number of nitrogens with one attached hydrogen (secondary N) is 1. The van der Waals surface area contributed by atoms with E-state index in [2.05, 4.69) is 18.5 Å². The predicted octanol–water partition coefficient (Wildman–Crippen LogP) is 1.32. The Bertz CT molecular complexity index is 70.6. The first-order chi connectivity index (χ1) is 4.81. The van der Waals surface area contributed by atoms with Gasteiger partial charge in [-0.2, -0.15) is 0 Å². The van der Waals surface area contributed by atoms with Gasteiger partial charge in [-0.1, -0.05) is 0 Å². The lowest BCUT2D eigenvalue weighted by molar-refractivity contribution is 0.194. The number of methoxy groups -OCH3 is 1. The topological polar surface area (TPSA) is 21.3 Å². The second-order valence-corrected chi connectivity index (χ2v) is 3.36. The van der Waals surface area contributed by atoms with Crippen LogP contribution in [-0.2, 0) is 4.74 Å². The monoisotopic (exact) mass is 163 g/mol. The van der Waals surface area contributed by atoms with E-state index in [0.29, 0.717) is 5.37 Å². The number of ether oxygens (including phenoxy) is 1. The van der Waals surface area contributed by atoms with Gasteiger partial charge in [0.15, 0.2) is 0 Å². The summed E-state index contributed by atoms with van der Waals surface area (Å²) in [5.74, 6) is 0. The van der Waals surface area contributed by atoms with Gasteiger partial charge in [0.1, 0.15) is 0 Å². The molecule has 0 spiro atoms. The summed E-state index contributed by atoms with van der Waals surface area (Å²) in [5, 5.41) is 3.92. The Morgan fingerprint density at radius 2 is 2.30 bits per heavy atom. The van der Waals surface area contributed by atoms with Gasteiger partial charge in [0.05, 0.1) is 5.37 Å². The Morgan fingerprint density at radius 3 is 2.80 bits per heavy atom. The van der Waals surface area contributed by atoms with Crippen LogP contribution < -0.4 is 5.32 Å². The van der Waals surface area contributed by atoms with E-state index in [-0.39, 0.29) is 0 Å². The molecule has 0 rings (SSSR count). The second kappa shape index (κ2) is 7.38. The van der Waals surface area contributed by atoms with Crippen molar-refractivity contribution in [3.8, 4) is 0 Å². The van der Waals surface area contributed by atoms with Crippen molar-refractivity contribution in [2.45, 2.75) is 18.7 Å². The Balaban J connectivity index is 2.89. The van der Waals surface area contributed by atoms with E-state index in [9.17, 15) is 0 Å².